The molecule has 0 aliphatic carbocycles. The SMILES string of the molecule is Cc1ccc(NC(=O)c2nn(Cc3ccccc3)c(=O)c3ccccc23)cc1[N+](=O)[O-]. The van der Waals surface area contributed by atoms with Crippen LogP contribution in [0.4, 0.5) is 11.4 Å². The fourth-order valence-electron chi connectivity index (χ4n) is 3.34. The number of nitro groups is 1. The van der Waals surface area contributed by atoms with E-state index in [2.05, 4.69) is 10.4 Å². The van der Waals surface area contributed by atoms with Crippen molar-refractivity contribution in [3.05, 3.63) is 110 Å². The van der Waals surface area contributed by atoms with Gasteiger partial charge >= 0.3 is 0 Å². The van der Waals surface area contributed by atoms with Gasteiger partial charge < -0.3 is 5.32 Å². The molecule has 0 unspecified atom stereocenters. The van der Waals surface area contributed by atoms with Crippen molar-refractivity contribution in [1.82, 2.24) is 9.78 Å². The van der Waals surface area contributed by atoms with Crippen LogP contribution in [0.2, 0.25) is 0 Å². The van der Waals surface area contributed by atoms with Crippen LogP contribution in [0.1, 0.15) is 21.6 Å². The normalized spacial score (nSPS) is 10.7. The minimum absolute atomic E-state index is 0.0642. The topological polar surface area (TPSA) is 107 Å². The van der Waals surface area contributed by atoms with E-state index < -0.39 is 10.8 Å². The molecule has 0 aliphatic heterocycles. The van der Waals surface area contributed by atoms with Crippen LogP contribution in [-0.2, 0) is 6.54 Å². The summed E-state index contributed by atoms with van der Waals surface area (Å²) in [5.74, 6) is -0.559. The van der Waals surface area contributed by atoms with Gasteiger partial charge in [0.05, 0.1) is 16.9 Å². The van der Waals surface area contributed by atoms with Crippen molar-refractivity contribution in [2.45, 2.75) is 13.5 Å². The molecule has 1 amide bonds. The van der Waals surface area contributed by atoms with Gasteiger partial charge in [0.2, 0.25) is 0 Å². The number of benzene rings is 3. The summed E-state index contributed by atoms with van der Waals surface area (Å²) in [6.45, 7) is 1.83. The third-order valence-corrected chi connectivity index (χ3v) is 4.92. The number of amides is 1. The minimum Gasteiger partial charge on any atom is -0.320 e. The van der Waals surface area contributed by atoms with Crippen LogP contribution in [0.15, 0.2) is 77.6 Å². The maximum Gasteiger partial charge on any atom is 0.276 e. The highest BCUT2D eigenvalue weighted by Crippen LogP contribution is 2.23. The molecule has 4 rings (SSSR count). The maximum atomic E-state index is 13.1. The molecule has 0 bridgehead atoms. The second-order valence-corrected chi connectivity index (χ2v) is 7.06. The van der Waals surface area contributed by atoms with Gasteiger partial charge in [0.25, 0.3) is 17.2 Å². The lowest BCUT2D eigenvalue weighted by atomic mass is 10.1. The Bertz CT molecular complexity index is 1360. The number of aromatic nitrogens is 2. The van der Waals surface area contributed by atoms with Crippen molar-refractivity contribution >= 4 is 28.1 Å². The zero-order valence-electron chi connectivity index (χ0n) is 16.6. The molecule has 0 saturated heterocycles. The van der Waals surface area contributed by atoms with E-state index in [4.69, 9.17) is 0 Å². The van der Waals surface area contributed by atoms with Gasteiger partial charge in [-0.25, -0.2) is 4.68 Å². The number of carbonyl (C=O) groups excluding carboxylic acids is 1. The van der Waals surface area contributed by atoms with Crippen molar-refractivity contribution < 1.29 is 9.72 Å². The van der Waals surface area contributed by atoms with Crippen LogP contribution in [0.25, 0.3) is 10.8 Å². The Morgan fingerprint density at radius 2 is 1.71 bits per heavy atom. The molecule has 0 atom stereocenters. The van der Waals surface area contributed by atoms with Gasteiger partial charge in [-0.1, -0.05) is 54.6 Å². The molecule has 1 aromatic heterocycles. The Labute approximate surface area is 176 Å². The van der Waals surface area contributed by atoms with Gasteiger partial charge in [-0.15, -0.1) is 0 Å². The monoisotopic (exact) mass is 414 g/mol. The number of fused-ring (bicyclic) bond motifs is 1. The first kappa shape index (κ1) is 20.0. The standard InChI is InChI=1S/C23H18N4O4/c1-15-11-12-17(13-20(15)27(30)31)24-22(28)21-18-9-5-6-10-19(18)23(29)26(25-21)14-16-7-3-2-4-8-16/h2-13H,14H2,1H3,(H,24,28). The smallest absolute Gasteiger partial charge is 0.276 e. The molecule has 0 spiro atoms. The molecule has 154 valence electrons. The molecule has 1 heterocycles. The third kappa shape index (κ3) is 4.04. The Hall–Kier alpha value is -4.33. The first-order chi connectivity index (χ1) is 14.9. The summed E-state index contributed by atoms with van der Waals surface area (Å²) in [7, 11) is 0. The van der Waals surface area contributed by atoms with Crippen LogP contribution in [-0.4, -0.2) is 20.6 Å². The van der Waals surface area contributed by atoms with Crippen LogP contribution >= 0.6 is 0 Å². The molecule has 3 aromatic carbocycles. The fourth-order valence-corrected chi connectivity index (χ4v) is 3.34. The van der Waals surface area contributed by atoms with Gasteiger partial charge in [0.1, 0.15) is 0 Å². The number of nitrogens with zero attached hydrogens (tertiary/aromatic N) is 3. The van der Waals surface area contributed by atoms with Gasteiger partial charge in [-0.2, -0.15) is 5.10 Å². The molecule has 8 nitrogen and oxygen atoms in total. The van der Waals surface area contributed by atoms with Gasteiger partial charge in [-0.3, -0.25) is 19.7 Å². The van der Waals surface area contributed by atoms with Crippen molar-refractivity contribution in [3.8, 4) is 0 Å². The Morgan fingerprint density at radius 3 is 2.42 bits per heavy atom. The summed E-state index contributed by atoms with van der Waals surface area (Å²) in [6.07, 6.45) is 0. The number of nitro benzene ring substituents is 1. The molecule has 1 N–H and O–H groups in total. The summed E-state index contributed by atoms with van der Waals surface area (Å²) in [5.41, 5.74) is 1.30. The maximum absolute atomic E-state index is 13.1. The number of hydrogen-bond donors (Lipinski definition) is 1. The lowest BCUT2D eigenvalue weighted by Gasteiger charge is -2.12. The molecule has 0 radical (unpaired) electrons. The van der Waals surface area contributed by atoms with E-state index in [0.717, 1.165) is 5.56 Å². The molecule has 31 heavy (non-hydrogen) atoms. The molecule has 4 aromatic rings. The average Bonchev–Trinajstić information content (AvgIpc) is 2.77. The van der Waals surface area contributed by atoms with E-state index >= 15 is 0 Å². The van der Waals surface area contributed by atoms with Gasteiger partial charge in [0, 0.05) is 22.7 Å². The summed E-state index contributed by atoms with van der Waals surface area (Å²) in [4.78, 5) is 36.7. The number of aryl methyl sites for hydroxylation is 1. The van der Waals surface area contributed by atoms with Crippen LogP contribution in [0.5, 0.6) is 0 Å². The highest BCUT2D eigenvalue weighted by atomic mass is 16.6. The molecular weight excluding hydrogens is 396 g/mol. The van der Waals surface area contributed by atoms with E-state index in [-0.39, 0.29) is 29.2 Å². The lowest BCUT2D eigenvalue weighted by molar-refractivity contribution is -0.385. The molecular formula is C23H18N4O4. The Morgan fingerprint density at radius 1 is 1.03 bits per heavy atom. The molecule has 0 aliphatic rings. The first-order valence-corrected chi connectivity index (χ1v) is 9.54. The van der Waals surface area contributed by atoms with E-state index in [1.54, 1.807) is 43.3 Å². The van der Waals surface area contributed by atoms with Crippen molar-refractivity contribution in [2.75, 3.05) is 5.32 Å². The number of hydrogen-bond acceptors (Lipinski definition) is 5. The number of nitrogens with one attached hydrogen (secondary N) is 1. The molecule has 0 fully saturated rings. The average molecular weight is 414 g/mol. The van der Waals surface area contributed by atoms with E-state index in [1.165, 1.54) is 10.7 Å². The highest BCUT2D eigenvalue weighted by Gasteiger charge is 2.18. The summed E-state index contributed by atoms with van der Waals surface area (Å²) in [5, 5.41) is 19.0. The largest absolute Gasteiger partial charge is 0.320 e. The van der Waals surface area contributed by atoms with Crippen LogP contribution in [0.3, 0.4) is 0 Å². The quantitative estimate of drug-likeness (QED) is 0.393. The molecule has 8 heteroatoms. The van der Waals surface area contributed by atoms with E-state index in [1.807, 2.05) is 30.3 Å². The Balaban J connectivity index is 1.77. The minimum atomic E-state index is -0.559. The first-order valence-electron chi connectivity index (χ1n) is 9.54. The molecule has 0 saturated carbocycles. The highest BCUT2D eigenvalue weighted by molar-refractivity contribution is 6.11. The second-order valence-electron chi connectivity index (χ2n) is 7.06. The summed E-state index contributed by atoms with van der Waals surface area (Å²) < 4.78 is 1.25. The number of anilines is 1. The second kappa shape index (κ2) is 8.19. The van der Waals surface area contributed by atoms with Crippen molar-refractivity contribution in [3.63, 3.8) is 0 Å². The Kier molecular flexibility index (Phi) is 5.28. The number of rotatable bonds is 5. The zero-order chi connectivity index (χ0) is 22.0. The zero-order valence-corrected chi connectivity index (χ0v) is 16.6. The van der Waals surface area contributed by atoms with Crippen molar-refractivity contribution in [1.29, 1.82) is 0 Å². The lowest BCUT2D eigenvalue weighted by Crippen LogP contribution is -2.28. The van der Waals surface area contributed by atoms with E-state index in [9.17, 15) is 19.7 Å². The summed E-state index contributed by atoms with van der Waals surface area (Å²) in [6, 6.07) is 20.5. The van der Waals surface area contributed by atoms with Gasteiger partial charge in [-0.05, 0) is 24.6 Å². The third-order valence-electron chi connectivity index (χ3n) is 4.92. The fraction of sp³-hybridized carbons (Fsp3) is 0.0870. The van der Waals surface area contributed by atoms with Gasteiger partial charge in [0.15, 0.2) is 5.69 Å². The predicted molar refractivity (Wildman–Crippen MR) is 117 cm³/mol. The summed E-state index contributed by atoms with van der Waals surface area (Å²) >= 11 is 0. The number of carbonyl (C=O) groups is 1. The van der Waals surface area contributed by atoms with E-state index in [0.29, 0.717) is 16.3 Å². The van der Waals surface area contributed by atoms with Crippen LogP contribution in [0, 0.1) is 17.0 Å². The predicted octanol–water partition coefficient (Wildman–Crippen LogP) is 3.91. The van der Waals surface area contributed by atoms with Crippen LogP contribution < -0.4 is 10.9 Å². The van der Waals surface area contributed by atoms with Crippen molar-refractivity contribution in [2.24, 2.45) is 0 Å².